The van der Waals surface area contributed by atoms with Crippen LogP contribution in [0.5, 0.6) is 0 Å². The molecular formula is C17H26ClN. The van der Waals surface area contributed by atoms with Crippen LogP contribution in [0, 0.1) is 23.7 Å². The number of rotatable bonds is 4. The van der Waals surface area contributed by atoms with Crippen LogP contribution in [0.3, 0.4) is 0 Å². The van der Waals surface area contributed by atoms with Crippen molar-refractivity contribution in [1.29, 1.82) is 0 Å². The Labute approximate surface area is 122 Å². The Kier molecular flexibility index (Phi) is 5.29. The molecule has 2 rings (SSSR count). The molecule has 0 bridgehead atoms. The molecule has 3 atom stereocenters. The largest absolute Gasteiger partial charge is 0.330 e. The van der Waals surface area contributed by atoms with Gasteiger partial charge in [0, 0.05) is 5.02 Å². The third kappa shape index (κ3) is 3.73. The number of nitrogens with two attached hydrogens (primary N) is 1. The Bertz CT molecular complexity index is 402. The molecule has 106 valence electrons. The fraction of sp³-hybridized carbons (Fsp3) is 0.647. The van der Waals surface area contributed by atoms with E-state index in [0.29, 0.717) is 11.8 Å². The van der Waals surface area contributed by atoms with Gasteiger partial charge in [0.25, 0.3) is 0 Å². The molecule has 2 heteroatoms. The van der Waals surface area contributed by atoms with Gasteiger partial charge in [-0.2, -0.15) is 0 Å². The van der Waals surface area contributed by atoms with Crippen LogP contribution in [0.1, 0.15) is 38.7 Å². The highest BCUT2D eigenvalue weighted by Gasteiger charge is 2.31. The summed E-state index contributed by atoms with van der Waals surface area (Å²) in [5.74, 6) is 3.01. The van der Waals surface area contributed by atoms with Crippen molar-refractivity contribution in [2.45, 2.75) is 39.5 Å². The van der Waals surface area contributed by atoms with Gasteiger partial charge in [-0.25, -0.2) is 0 Å². The first kappa shape index (κ1) is 14.9. The Morgan fingerprint density at radius 3 is 2.58 bits per heavy atom. The molecule has 1 aromatic carbocycles. The SMILES string of the molecule is CC(C)C1CCC(CN)C(Cc2ccccc2Cl)C1. The van der Waals surface area contributed by atoms with E-state index in [0.717, 1.165) is 29.8 Å². The zero-order chi connectivity index (χ0) is 13.8. The van der Waals surface area contributed by atoms with Gasteiger partial charge in [-0.15, -0.1) is 0 Å². The Morgan fingerprint density at radius 2 is 1.95 bits per heavy atom. The van der Waals surface area contributed by atoms with Gasteiger partial charge in [0.15, 0.2) is 0 Å². The van der Waals surface area contributed by atoms with Gasteiger partial charge in [0.2, 0.25) is 0 Å². The molecule has 1 saturated carbocycles. The summed E-state index contributed by atoms with van der Waals surface area (Å²) < 4.78 is 0. The molecule has 1 nitrogen and oxygen atoms in total. The predicted molar refractivity (Wildman–Crippen MR) is 83.4 cm³/mol. The molecule has 3 unspecified atom stereocenters. The van der Waals surface area contributed by atoms with E-state index in [1.807, 2.05) is 12.1 Å². The van der Waals surface area contributed by atoms with E-state index < -0.39 is 0 Å². The fourth-order valence-corrected chi connectivity index (χ4v) is 3.69. The van der Waals surface area contributed by atoms with Crippen molar-refractivity contribution in [3.63, 3.8) is 0 Å². The van der Waals surface area contributed by atoms with Crippen molar-refractivity contribution in [3.8, 4) is 0 Å². The second-order valence-corrected chi connectivity index (χ2v) is 6.78. The lowest BCUT2D eigenvalue weighted by Crippen LogP contribution is -2.33. The minimum absolute atomic E-state index is 0.672. The molecule has 0 radical (unpaired) electrons. The lowest BCUT2D eigenvalue weighted by atomic mass is 9.69. The third-order valence-electron chi connectivity index (χ3n) is 4.87. The molecular weight excluding hydrogens is 254 g/mol. The molecule has 19 heavy (non-hydrogen) atoms. The maximum Gasteiger partial charge on any atom is 0.0438 e. The first-order valence-corrected chi connectivity index (χ1v) is 7.93. The molecule has 2 N–H and O–H groups in total. The van der Waals surface area contributed by atoms with Crippen LogP contribution in [0.4, 0.5) is 0 Å². The van der Waals surface area contributed by atoms with Gasteiger partial charge < -0.3 is 5.73 Å². The van der Waals surface area contributed by atoms with Crippen LogP contribution >= 0.6 is 11.6 Å². The molecule has 1 aliphatic carbocycles. The standard InChI is InChI=1S/C17H26ClN/c1-12(2)13-7-8-15(11-19)16(9-13)10-14-5-3-4-6-17(14)18/h3-6,12-13,15-16H,7-11,19H2,1-2H3. The van der Waals surface area contributed by atoms with Crippen LogP contribution in [-0.2, 0) is 6.42 Å². The normalized spacial score (nSPS) is 27.7. The topological polar surface area (TPSA) is 26.0 Å². The smallest absolute Gasteiger partial charge is 0.0438 e. The highest BCUT2D eigenvalue weighted by molar-refractivity contribution is 6.31. The van der Waals surface area contributed by atoms with Gasteiger partial charge in [0.1, 0.15) is 0 Å². The third-order valence-corrected chi connectivity index (χ3v) is 5.23. The molecule has 0 aromatic heterocycles. The summed E-state index contributed by atoms with van der Waals surface area (Å²) in [6.07, 6.45) is 5.03. The number of hydrogen-bond donors (Lipinski definition) is 1. The van der Waals surface area contributed by atoms with E-state index in [2.05, 4.69) is 26.0 Å². The summed E-state index contributed by atoms with van der Waals surface area (Å²) in [5.41, 5.74) is 7.26. The van der Waals surface area contributed by atoms with E-state index in [1.165, 1.54) is 24.8 Å². The second kappa shape index (κ2) is 6.76. The summed E-state index contributed by atoms with van der Waals surface area (Å²) in [4.78, 5) is 0. The van der Waals surface area contributed by atoms with Crippen molar-refractivity contribution >= 4 is 11.6 Å². The number of benzene rings is 1. The van der Waals surface area contributed by atoms with E-state index in [1.54, 1.807) is 0 Å². The fourth-order valence-electron chi connectivity index (χ4n) is 3.48. The second-order valence-electron chi connectivity index (χ2n) is 6.37. The first-order chi connectivity index (χ1) is 9.11. The predicted octanol–water partition coefficient (Wildman–Crippen LogP) is 4.53. The summed E-state index contributed by atoms with van der Waals surface area (Å²) in [6, 6.07) is 8.25. The van der Waals surface area contributed by atoms with Crippen molar-refractivity contribution in [2.24, 2.45) is 29.4 Å². The molecule has 1 aromatic rings. The van der Waals surface area contributed by atoms with Crippen molar-refractivity contribution in [2.75, 3.05) is 6.54 Å². The number of hydrogen-bond acceptors (Lipinski definition) is 1. The van der Waals surface area contributed by atoms with E-state index >= 15 is 0 Å². The molecule has 1 aliphatic rings. The van der Waals surface area contributed by atoms with E-state index in [-0.39, 0.29) is 0 Å². The van der Waals surface area contributed by atoms with Gasteiger partial charge in [-0.1, -0.05) is 43.6 Å². The lowest BCUT2D eigenvalue weighted by molar-refractivity contribution is 0.151. The highest BCUT2D eigenvalue weighted by atomic mass is 35.5. The van der Waals surface area contributed by atoms with Crippen molar-refractivity contribution < 1.29 is 0 Å². The van der Waals surface area contributed by atoms with E-state index in [9.17, 15) is 0 Å². The average Bonchev–Trinajstić information content (AvgIpc) is 2.41. The maximum atomic E-state index is 6.30. The molecule has 1 fully saturated rings. The van der Waals surface area contributed by atoms with Crippen LogP contribution in [-0.4, -0.2) is 6.54 Å². The Balaban J connectivity index is 2.08. The monoisotopic (exact) mass is 279 g/mol. The van der Waals surface area contributed by atoms with Gasteiger partial charge in [-0.3, -0.25) is 0 Å². The van der Waals surface area contributed by atoms with Crippen molar-refractivity contribution in [1.82, 2.24) is 0 Å². The molecule has 0 aliphatic heterocycles. The summed E-state index contributed by atoms with van der Waals surface area (Å²) >= 11 is 6.30. The van der Waals surface area contributed by atoms with Gasteiger partial charge >= 0.3 is 0 Å². The zero-order valence-electron chi connectivity index (χ0n) is 12.1. The van der Waals surface area contributed by atoms with Gasteiger partial charge in [-0.05, 0) is 67.5 Å². The van der Waals surface area contributed by atoms with Crippen molar-refractivity contribution in [3.05, 3.63) is 34.9 Å². The lowest BCUT2D eigenvalue weighted by Gasteiger charge is -2.37. The molecule has 0 saturated heterocycles. The Hall–Kier alpha value is -0.530. The van der Waals surface area contributed by atoms with Crippen LogP contribution in [0.2, 0.25) is 5.02 Å². The minimum Gasteiger partial charge on any atom is -0.330 e. The maximum absolute atomic E-state index is 6.30. The van der Waals surface area contributed by atoms with Crippen LogP contribution in [0.25, 0.3) is 0 Å². The molecule has 0 amide bonds. The zero-order valence-corrected chi connectivity index (χ0v) is 12.9. The summed E-state index contributed by atoms with van der Waals surface area (Å²) in [5, 5.41) is 0.907. The summed E-state index contributed by atoms with van der Waals surface area (Å²) in [7, 11) is 0. The first-order valence-electron chi connectivity index (χ1n) is 7.55. The minimum atomic E-state index is 0.672. The van der Waals surface area contributed by atoms with Crippen LogP contribution in [0.15, 0.2) is 24.3 Å². The highest BCUT2D eigenvalue weighted by Crippen LogP contribution is 2.39. The Morgan fingerprint density at radius 1 is 1.21 bits per heavy atom. The molecule has 0 heterocycles. The number of halogens is 1. The molecule has 0 spiro atoms. The van der Waals surface area contributed by atoms with E-state index in [4.69, 9.17) is 17.3 Å². The quantitative estimate of drug-likeness (QED) is 0.861. The summed E-state index contributed by atoms with van der Waals surface area (Å²) in [6.45, 7) is 5.51. The van der Waals surface area contributed by atoms with Gasteiger partial charge in [0.05, 0.1) is 0 Å². The average molecular weight is 280 g/mol. The van der Waals surface area contributed by atoms with Crippen LogP contribution < -0.4 is 5.73 Å².